The largest absolute Gasteiger partial charge is 0.507 e. The number of ether oxygens (including phenoxy) is 3. The molecule has 180 valence electrons. The smallest absolute Gasteiger partial charge is 0.296 e. The van der Waals surface area contributed by atoms with E-state index in [0.717, 1.165) is 6.42 Å². The van der Waals surface area contributed by atoms with Crippen LogP contribution >= 0.6 is 0 Å². The lowest BCUT2D eigenvalue weighted by Gasteiger charge is -2.25. The Hall–Kier alpha value is -4.20. The predicted octanol–water partition coefficient (Wildman–Crippen LogP) is 4.46. The highest BCUT2D eigenvalue weighted by Crippen LogP contribution is 2.42. The highest BCUT2D eigenvalue weighted by atomic mass is 16.6. The number of aliphatic hydroxyl groups excluding tert-OH is 1. The van der Waals surface area contributed by atoms with Crippen molar-refractivity contribution >= 4 is 17.4 Å². The number of carbonyl (C=O) groups is 2. The molecule has 0 bridgehead atoms. The molecule has 1 aromatic heterocycles. The van der Waals surface area contributed by atoms with Crippen LogP contribution in [0.1, 0.15) is 36.3 Å². The van der Waals surface area contributed by atoms with Crippen molar-refractivity contribution in [3.8, 4) is 17.2 Å². The number of furan rings is 1. The van der Waals surface area contributed by atoms with Crippen molar-refractivity contribution < 1.29 is 33.3 Å². The molecule has 2 aliphatic heterocycles. The monoisotopic (exact) mass is 475 g/mol. The zero-order valence-corrected chi connectivity index (χ0v) is 19.2. The second-order valence-electron chi connectivity index (χ2n) is 8.29. The maximum atomic E-state index is 13.3. The van der Waals surface area contributed by atoms with E-state index in [9.17, 15) is 14.7 Å². The zero-order valence-electron chi connectivity index (χ0n) is 19.2. The van der Waals surface area contributed by atoms with Crippen molar-refractivity contribution in [1.82, 2.24) is 4.90 Å². The van der Waals surface area contributed by atoms with Crippen LogP contribution < -0.4 is 14.2 Å². The van der Waals surface area contributed by atoms with Gasteiger partial charge in [0, 0.05) is 5.56 Å². The molecule has 1 saturated heterocycles. The summed E-state index contributed by atoms with van der Waals surface area (Å²) in [5.74, 6) is 0.397. The minimum absolute atomic E-state index is 0.00845. The van der Waals surface area contributed by atoms with E-state index >= 15 is 0 Å². The molecule has 5 rings (SSSR count). The van der Waals surface area contributed by atoms with Crippen LogP contribution in [0.25, 0.3) is 5.76 Å². The molecule has 0 radical (unpaired) electrons. The molecule has 1 N–H and O–H groups in total. The Labute approximate surface area is 202 Å². The number of rotatable bonds is 7. The average Bonchev–Trinajstić information content (AvgIpc) is 3.49. The Morgan fingerprint density at radius 3 is 2.66 bits per heavy atom. The molecule has 8 heteroatoms. The molecular weight excluding hydrogens is 450 g/mol. The van der Waals surface area contributed by atoms with Gasteiger partial charge in [-0.2, -0.15) is 0 Å². The second kappa shape index (κ2) is 9.58. The van der Waals surface area contributed by atoms with Gasteiger partial charge in [-0.25, -0.2) is 0 Å². The average molecular weight is 475 g/mol. The summed E-state index contributed by atoms with van der Waals surface area (Å²) >= 11 is 0. The Balaban J connectivity index is 1.61. The fourth-order valence-corrected chi connectivity index (χ4v) is 4.30. The van der Waals surface area contributed by atoms with Crippen LogP contribution in [0.3, 0.4) is 0 Å². The van der Waals surface area contributed by atoms with E-state index in [4.69, 9.17) is 18.6 Å². The van der Waals surface area contributed by atoms with Gasteiger partial charge in [-0.15, -0.1) is 0 Å². The lowest BCUT2D eigenvalue weighted by atomic mass is 9.95. The molecule has 1 fully saturated rings. The first-order valence-corrected chi connectivity index (χ1v) is 11.5. The molecule has 3 heterocycles. The van der Waals surface area contributed by atoms with Gasteiger partial charge in [-0.3, -0.25) is 9.59 Å². The van der Waals surface area contributed by atoms with E-state index < -0.39 is 17.7 Å². The summed E-state index contributed by atoms with van der Waals surface area (Å²) in [6, 6.07) is 14.8. The van der Waals surface area contributed by atoms with Gasteiger partial charge in [0.1, 0.15) is 30.5 Å². The number of aliphatic hydroxyl groups is 1. The Morgan fingerprint density at radius 1 is 1.06 bits per heavy atom. The first kappa shape index (κ1) is 22.6. The van der Waals surface area contributed by atoms with Gasteiger partial charge in [-0.05, 0) is 54.4 Å². The lowest BCUT2D eigenvalue weighted by Crippen LogP contribution is -2.29. The van der Waals surface area contributed by atoms with E-state index in [2.05, 4.69) is 0 Å². The fraction of sp³-hybridized carbons (Fsp3) is 0.259. The van der Waals surface area contributed by atoms with Gasteiger partial charge < -0.3 is 28.6 Å². The third-order valence-electron chi connectivity index (χ3n) is 5.91. The molecule has 35 heavy (non-hydrogen) atoms. The van der Waals surface area contributed by atoms with Gasteiger partial charge in [0.2, 0.25) is 0 Å². The van der Waals surface area contributed by atoms with Crippen molar-refractivity contribution in [2.24, 2.45) is 0 Å². The summed E-state index contributed by atoms with van der Waals surface area (Å²) < 4.78 is 22.4. The van der Waals surface area contributed by atoms with Crippen LogP contribution in [0.2, 0.25) is 0 Å². The molecule has 3 aromatic rings. The van der Waals surface area contributed by atoms with E-state index in [1.165, 1.54) is 11.2 Å². The van der Waals surface area contributed by atoms with Gasteiger partial charge in [-0.1, -0.05) is 19.1 Å². The highest BCUT2D eigenvalue weighted by molar-refractivity contribution is 6.46. The maximum absolute atomic E-state index is 13.3. The van der Waals surface area contributed by atoms with Crippen LogP contribution in [-0.4, -0.2) is 41.5 Å². The number of fused-ring (bicyclic) bond motifs is 1. The molecule has 0 unspecified atom stereocenters. The summed E-state index contributed by atoms with van der Waals surface area (Å²) in [5, 5.41) is 11.3. The normalized spacial score (nSPS) is 18.7. The quantitative estimate of drug-likeness (QED) is 0.306. The first-order valence-electron chi connectivity index (χ1n) is 11.5. The number of carbonyl (C=O) groups excluding carboxylic acids is 2. The predicted molar refractivity (Wildman–Crippen MR) is 126 cm³/mol. The van der Waals surface area contributed by atoms with Crippen LogP contribution in [-0.2, 0) is 16.1 Å². The Kier molecular flexibility index (Phi) is 6.18. The minimum Gasteiger partial charge on any atom is -0.507 e. The Bertz CT molecular complexity index is 1280. The maximum Gasteiger partial charge on any atom is 0.296 e. The van der Waals surface area contributed by atoms with Crippen molar-refractivity contribution in [3.63, 3.8) is 0 Å². The summed E-state index contributed by atoms with van der Waals surface area (Å²) in [4.78, 5) is 27.8. The van der Waals surface area contributed by atoms with Crippen molar-refractivity contribution in [2.45, 2.75) is 25.9 Å². The summed E-state index contributed by atoms with van der Waals surface area (Å²) in [7, 11) is 0. The lowest BCUT2D eigenvalue weighted by molar-refractivity contribution is -0.140. The minimum atomic E-state index is -0.835. The van der Waals surface area contributed by atoms with Crippen LogP contribution in [0, 0.1) is 0 Å². The molecule has 2 aliphatic rings. The van der Waals surface area contributed by atoms with Crippen molar-refractivity contribution in [1.29, 1.82) is 0 Å². The van der Waals surface area contributed by atoms with E-state index in [1.807, 2.05) is 19.1 Å². The van der Waals surface area contributed by atoms with E-state index in [1.54, 1.807) is 42.5 Å². The third-order valence-corrected chi connectivity index (χ3v) is 5.91. The standard InChI is InChI=1S/C27H25NO7/c1-2-10-32-19-6-3-5-17(14-19)24-23(26(30)27(31)28(24)16-20-7-4-11-33-20)25(29)18-8-9-21-22(15-18)35-13-12-34-21/h3-9,11,14-15,24,29H,2,10,12-13,16H2,1H3/t24-/m1/s1. The summed E-state index contributed by atoms with van der Waals surface area (Å²) in [6.45, 7) is 3.44. The number of likely N-dealkylation sites (tertiary alicyclic amines) is 1. The van der Waals surface area contributed by atoms with Crippen molar-refractivity contribution in [2.75, 3.05) is 19.8 Å². The topological polar surface area (TPSA) is 98.4 Å². The third kappa shape index (κ3) is 4.35. The summed E-state index contributed by atoms with van der Waals surface area (Å²) in [5.41, 5.74) is 0.989. The SMILES string of the molecule is CCCOc1cccc([C@@H]2C(=C(O)c3ccc4c(c3)OCCO4)C(=O)C(=O)N2Cc2ccco2)c1. The number of hydrogen-bond acceptors (Lipinski definition) is 7. The number of amides is 1. The van der Waals surface area contributed by atoms with Gasteiger partial charge in [0.25, 0.3) is 11.7 Å². The zero-order chi connectivity index (χ0) is 24.4. The van der Waals surface area contributed by atoms with Gasteiger partial charge >= 0.3 is 0 Å². The van der Waals surface area contributed by atoms with Crippen LogP contribution in [0.15, 0.2) is 70.9 Å². The highest BCUT2D eigenvalue weighted by Gasteiger charge is 2.46. The van der Waals surface area contributed by atoms with Crippen LogP contribution in [0.5, 0.6) is 17.2 Å². The molecule has 0 spiro atoms. The van der Waals surface area contributed by atoms with Gasteiger partial charge in [0.15, 0.2) is 11.5 Å². The molecule has 8 nitrogen and oxygen atoms in total. The first-order chi connectivity index (χ1) is 17.1. The van der Waals surface area contributed by atoms with Crippen molar-refractivity contribution in [3.05, 3.63) is 83.3 Å². The molecule has 1 atom stereocenters. The van der Waals surface area contributed by atoms with E-state index in [0.29, 0.717) is 54.0 Å². The van der Waals surface area contributed by atoms with Crippen LogP contribution in [0.4, 0.5) is 0 Å². The van der Waals surface area contributed by atoms with Gasteiger partial charge in [0.05, 0.1) is 31.0 Å². The molecule has 0 saturated carbocycles. The fourth-order valence-electron chi connectivity index (χ4n) is 4.30. The molecular formula is C27H25NO7. The summed E-state index contributed by atoms with van der Waals surface area (Å²) in [6.07, 6.45) is 2.35. The van der Waals surface area contributed by atoms with E-state index in [-0.39, 0.29) is 17.9 Å². The second-order valence-corrected chi connectivity index (χ2v) is 8.29. The molecule has 1 amide bonds. The number of nitrogens with zero attached hydrogens (tertiary/aromatic N) is 1. The number of hydrogen-bond donors (Lipinski definition) is 1. The Morgan fingerprint density at radius 2 is 1.89 bits per heavy atom. The molecule has 2 aromatic carbocycles. The number of benzene rings is 2. The number of Topliss-reactive ketones (excluding diaryl/α,β-unsaturated/α-hetero) is 1. The molecule has 0 aliphatic carbocycles. The number of ketones is 1.